The number of hydrogen-bond acceptors (Lipinski definition) is 0. The van der Waals surface area contributed by atoms with Crippen LogP contribution in [0.2, 0.25) is 18.1 Å². The monoisotopic (exact) mass is 342 g/mol. The minimum Gasteiger partial charge on any atom is -0.171 e. The Hall–Kier alpha value is 0.0469. The van der Waals surface area contributed by atoms with Gasteiger partial charge in [0, 0.05) is 11.2 Å². The molecule has 0 nitrogen and oxygen atoms in total. The normalized spacial score (nSPS) is 14.9. The summed E-state index contributed by atoms with van der Waals surface area (Å²) < 4.78 is 37.2. The molecule has 0 heterocycles. The van der Waals surface area contributed by atoms with Crippen molar-refractivity contribution in [3.8, 4) is 11.5 Å². The Morgan fingerprint density at radius 2 is 1.67 bits per heavy atom. The third-order valence-electron chi connectivity index (χ3n) is 3.40. The van der Waals surface area contributed by atoms with Crippen LogP contribution in [0.5, 0.6) is 0 Å². The zero-order valence-corrected chi connectivity index (χ0v) is 14.3. The summed E-state index contributed by atoms with van der Waals surface area (Å²) in [6, 6.07) is 0. The highest BCUT2D eigenvalue weighted by atomic mass is 79.9. The standard InChI is InChI=1S/C13H22BrF3Si/c1-12(2,3)18(4,5)9-7-11(6-8-14)10-13(15,16)17/h11H,6,8,10H2,1-5H3. The Morgan fingerprint density at radius 1 is 1.17 bits per heavy atom. The van der Waals surface area contributed by atoms with E-state index in [-0.39, 0.29) is 5.04 Å². The van der Waals surface area contributed by atoms with Crippen molar-refractivity contribution in [3.05, 3.63) is 0 Å². The maximum atomic E-state index is 12.4. The van der Waals surface area contributed by atoms with Gasteiger partial charge in [0.25, 0.3) is 0 Å². The van der Waals surface area contributed by atoms with Crippen LogP contribution in [0.15, 0.2) is 0 Å². The van der Waals surface area contributed by atoms with Crippen molar-refractivity contribution >= 4 is 24.0 Å². The fraction of sp³-hybridized carbons (Fsp3) is 0.846. The Morgan fingerprint density at radius 3 is 2.00 bits per heavy atom. The van der Waals surface area contributed by atoms with Crippen LogP contribution in [-0.2, 0) is 0 Å². The Balaban J connectivity index is 4.90. The average molecular weight is 343 g/mol. The van der Waals surface area contributed by atoms with Gasteiger partial charge in [0.05, 0.1) is 6.42 Å². The van der Waals surface area contributed by atoms with E-state index in [2.05, 4.69) is 61.3 Å². The Bertz CT molecular complexity index is 318. The second-order valence-corrected chi connectivity index (χ2v) is 11.9. The van der Waals surface area contributed by atoms with Crippen LogP contribution in [0.1, 0.15) is 33.6 Å². The number of alkyl halides is 4. The van der Waals surface area contributed by atoms with Crippen molar-refractivity contribution in [3.63, 3.8) is 0 Å². The number of rotatable bonds is 3. The van der Waals surface area contributed by atoms with Crippen molar-refractivity contribution in [1.29, 1.82) is 0 Å². The molecule has 0 rings (SSSR count). The molecule has 0 aliphatic rings. The van der Waals surface area contributed by atoms with Gasteiger partial charge in [-0.3, -0.25) is 0 Å². The van der Waals surface area contributed by atoms with E-state index >= 15 is 0 Å². The minimum absolute atomic E-state index is 0.0805. The highest BCUT2D eigenvalue weighted by Crippen LogP contribution is 2.35. The van der Waals surface area contributed by atoms with Crippen molar-refractivity contribution in [1.82, 2.24) is 0 Å². The van der Waals surface area contributed by atoms with Gasteiger partial charge in [-0.2, -0.15) is 13.2 Å². The largest absolute Gasteiger partial charge is 0.390 e. The molecule has 18 heavy (non-hydrogen) atoms. The van der Waals surface area contributed by atoms with Crippen LogP contribution in [0.3, 0.4) is 0 Å². The Kier molecular flexibility index (Phi) is 6.49. The van der Waals surface area contributed by atoms with Gasteiger partial charge >= 0.3 is 6.18 Å². The molecule has 0 N–H and O–H groups in total. The van der Waals surface area contributed by atoms with Crippen molar-refractivity contribution in [2.24, 2.45) is 5.92 Å². The fourth-order valence-electron chi connectivity index (χ4n) is 1.11. The molecule has 0 saturated heterocycles. The molecule has 0 aliphatic heterocycles. The quantitative estimate of drug-likeness (QED) is 0.366. The molecule has 0 amide bonds. The lowest BCUT2D eigenvalue weighted by Gasteiger charge is -2.31. The van der Waals surface area contributed by atoms with E-state index in [1.54, 1.807) is 0 Å². The molecule has 0 radical (unpaired) electrons. The van der Waals surface area contributed by atoms with E-state index in [4.69, 9.17) is 0 Å². The number of hydrogen-bond donors (Lipinski definition) is 0. The summed E-state index contributed by atoms with van der Waals surface area (Å²) >= 11 is 3.19. The molecular weight excluding hydrogens is 321 g/mol. The maximum absolute atomic E-state index is 12.4. The Labute approximate surface area is 118 Å². The van der Waals surface area contributed by atoms with Gasteiger partial charge in [0.15, 0.2) is 0 Å². The molecule has 0 aromatic carbocycles. The van der Waals surface area contributed by atoms with E-state index in [1.807, 2.05) is 0 Å². The van der Waals surface area contributed by atoms with Crippen LogP contribution in [0.4, 0.5) is 13.2 Å². The molecule has 106 valence electrons. The molecule has 0 aliphatic carbocycles. The molecule has 5 heteroatoms. The third kappa shape index (κ3) is 6.84. The third-order valence-corrected chi connectivity index (χ3v) is 8.38. The predicted octanol–water partition coefficient (Wildman–Crippen LogP) is 5.39. The summed E-state index contributed by atoms with van der Waals surface area (Å²) in [6.45, 7) is 10.5. The van der Waals surface area contributed by atoms with Crippen LogP contribution >= 0.6 is 15.9 Å². The first kappa shape index (κ1) is 18.0. The molecule has 0 aromatic rings. The van der Waals surface area contributed by atoms with E-state index in [0.717, 1.165) is 0 Å². The molecule has 0 aromatic heterocycles. The molecule has 1 atom stereocenters. The summed E-state index contributed by atoms with van der Waals surface area (Å²) in [7, 11) is -1.82. The lowest BCUT2D eigenvalue weighted by molar-refractivity contribution is -0.140. The summed E-state index contributed by atoms with van der Waals surface area (Å²) in [5.74, 6) is 2.30. The van der Waals surface area contributed by atoms with Gasteiger partial charge in [-0.1, -0.05) is 49.8 Å². The van der Waals surface area contributed by atoms with Gasteiger partial charge in [-0.15, -0.1) is 11.5 Å². The molecule has 0 fully saturated rings. The first-order valence-corrected chi connectivity index (χ1v) is 10.2. The van der Waals surface area contributed by atoms with Gasteiger partial charge in [-0.25, -0.2) is 0 Å². The number of halogens is 4. The second-order valence-electron chi connectivity index (χ2n) is 6.14. The van der Waals surface area contributed by atoms with Gasteiger partial charge in [-0.05, 0) is 11.5 Å². The van der Waals surface area contributed by atoms with E-state index in [1.165, 1.54) is 0 Å². The summed E-state index contributed by atoms with van der Waals surface area (Å²) in [5, 5.41) is 0.636. The average Bonchev–Trinajstić information content (AvgIpc) is 2.10. The van der Waals surface area contributed by atoms with E-state index in [9.17, 15) is 13.2 Å². The lowest BCUT2D eigenvalue weighted by Crippen LogP contribution is -2.35. The van der Waals surface area contributed by atoms with Crippen LogP contribution in [-0.4, -0.2) is 19.6 Å². The van der Waals surface area contributed by atoms with Gasteiger partial charge in [0.2, 0.25) is 0 Å². The topological polar surface area (TPSA) is 0 Å². The van der Waals surface area contributed by atoms with Crippen LogP contribution in [0.25, 0.3) is 0 Å². The highest BCUT2D eigenvalue weighted by molar-refractivity contribution is 9.09. The van der Waals surface area contributed by atoms with Crippen molar-refractivity contribution < 1.29 is 13.2 Å². The zero-order valence-electron chi connectivity index (χ0n) is 11.7. The van der Waals surface area contributed by atoms with Crippen LogP contribution < -0.4 is 0 Å². The zero-order chi connectivity index (χ0) is 14.6. The molecule has 0 spiro atoms. The van der Waals surface area contributed by atoms with Crippen molar-refractivity contribution in [2.75, 3.05) is 5.33 Å². The first-order valence-electron chi connectivity index (χ1n) is 6.04. The molecule has 0 bridgehead atoms. The lowest BCUT2D eigenvalue weighted by atomic mass is 10.0. The second kappa shape index (κ2) is 6.47. The van der Waals surface area contributed by atoms with Crippen LogP contribution in [0, 0.1) is 17.4 Å². The maximum Gasteiger partial charge on any atom is 0.390 e. The fourth-order valence-corrected chi connectivity index (χ4v) is 2.60. The summed E-state index contributed by atoms with van der Waals surface area (Å²) in [4.78, 5) is 0. The molecule has 1 unspecified atom stereocenters. The minimum atomic E-state index is -4.13. The van der Waals surface area contributed by atoms with Crippen molar-refractivity contribution in [2.45, 2.75) is 57.9 Å². The molecular formula is C13H22BrF3Si. The van der Waals surface area contributed by atoms with E-state index in [0.29, 0.717) is 11.8 Å². The molecule has 0 saturated carbocycles. The first-order chi connectivity index (χ1) is 7.89. The predicted molar refractivity (Wildman–Crippen MR) is 77.5 cm³/mol. The highest BCUT2D eigenvalue weighted by Gasteiger charge is 2.35. The smallest absolute Gasteiger partial charge is 0.171 e. The summed E-state index contributed by atoms with van der Waals surface area (Å²) in [5.41, 5.74) is 3.17. The van der Waals surface area contributed by atoms with Gasteiger partial charge < -0.3 is 0 Å². The van der Waals surface area contributed by atoms with Gasteiger partial charge in [0.1, 0.15) is 8.07 Å². The summed E-state index contributed by atoms with van der Waals surface area (Å²) in [6.07, 6.45) is -4.49. The SMILES string of the molecule is CC(C)(C)[Si](C)(C)C#CC(CCBr)CC(F)(F)F. The van der Waals surface area contributed by atoms with E-state index < -0.39 is 26.6 Å².